The van der Waals surface area contributed by atoms with E-state index in [9.17, 15) is 4.79 Å². The summed E-state index contributed by atoms with van der Waals surface area (Å²) in [6, 6.07) is 27.3. The monoisotopic (exact) mass is 352 g/mol. The van der Waals surface area contributed by atoms with E-state index in [-0.39, 0.29) is 5.56 Å². The highest BCUT2D eigenvalue weighted by atomic mass is 16.4. The van der Waals surface area contributed by atoms with Crippen molar-refractivity contribution in [3.8, 4) is 0 Å². The number of hydrogen-bond donors (Lipinski definition) is 1. The molecule has 4 nitrogen and oxygen atoms in total. The van der Waals surface area contributed by atoms with Gasteiger partial charge in [0.2, 0.25) is 0 Å². The smallest absolute Gasteiger partial charge is 0.337 e. The van der Waals surface area contributed by atoms with Gasteiger partial charge in [0, 0.05) is 22.7 Å². The first-order valence-corrected chi connectivity index (χ1v) is 8.53. The van der Waals surface area contributed by atoms with Crippen molar-refractivity contribution in [3.05, 3.63) is 108 Å². The molecule has 0 bridgehead atoms. The number of aromatic nitrogens is 1. The molecule has 0 aliphatic heterocycles. The summed E-state index contributed by atoms with van der Waals surface area (Å²) in [5, 5.41) is 9.88. The third-order valence-electron chi connectivity index (χ3n) is 4.25. The lowest BCUT2D eigenvalue weighted by Crippen LogP contribution is -2.02. The van der Waals surface area contributed by atoms with E-state index in [2.05, 4.69) is 4.98 Å². The average molecular weight is 352 g/mol. The molecule has 4 heteroatoms. The Bertz CT molecular complexity index is 1100. The zero-order chi connectivity index (χ0) is 18.6. The van der Waals surface area contributed by atoms with Crippen LogP contribution < -0.4 is 0 Å². The van der Waals surface area contributed by atoms with Crippen LogP contribution in [0.3, 0.4) is 0 Å². The van der Waals surface area contributed by atoms with E-state index in [1.54, 1.807) is 6.07 Å². The van der Waals surface area contributed by atoms with Gasteiger partial charge in [-0.05, 0) is 18.2 Å². The lowest BCUT2D eigenvalue weighted by atomic mass is 10.0. The maximum absolute atomic E-state index is 11.1. The molecule has 1 heterocycles. The number of fused-ring (bicyclic) bond motifs is 1. The minimum absolute atomic E-state index is 0.174. The third-order valence-corrected chi connectivity index (χ3v) is 4.25. The van der Waals surface area contributed by atoms with Gasteiger partial charge >= 0.3 is 5.97 Å². The fraction of sp³-hybridized carbons (Fsp3) is 0. The minimum atomic E-state index is -0.984. The number of nitrogens with zero attached hydrogens (tertiary/aromatic N) is 2. The van der Waals surface area contributed by atoms with Crippen LogP contribution in [0.1, 0.15) is 21.5 Å². The van der Waals surface area contributed by atoms with Crippen LogP contribution in [0.2, 0.25) is 0 Å². The van der Waals surface area contributed by atoms with Gasteiger partial charge < -0.3 is 5.11 Å². The topological polar surface area (TPSA) is 62.5 Å². The minimum Gasteiger partial charge on any atom is -0.478 e. The van der Waals surface area contributed by atoms with E-state index in [0.29, 0.717) is 5.52 Å². The Hall–Kier alpha value is -3.79. The number of pyridine rings is 1. The molecular formula is C23H16N2O2. The summed E-state index contributed by atoms with van der Waals surface area (Å²) in [6.07, 6.45) is 1.37. The molecular weight excluding hydrogens is 336 g/mol. The Kier molecular flexibility index (Phi) is 4.45. The molecule has 3 aromatic carbocycles. The molecule has 0 aliphatic rings. The summed E-state index contributed by atoms with van der Waals surface area (Å²) in [6.45, 7) is 0. The number of carboxylic acids is 1. The van der Waals surface area contributed by atoms with Crippen LogP contribution >= 0.6 is 0 Å². The SMILES string of the molecule is O=C(O)c1cnc2cc(N=C(c3ccccc3)c3ccccc3)ccc2c1. The largest absolute Gasteiger partial charge is 0.478 e. The van der Waals surface area contributed by atoms with Crippen molar-refractivity contribution in [1.82, 2.24) is 4.98 Å². The van der Waals surface area contributed by atoms with Gasteiger partial charge in [-0.2, -0.15) is 0 Å². The molecule has 0 saturated carbocycles. The van der Waals surface area contributed by atoms with Crippen molar-refractivity contribution in [2.45, 2.75) is 0 Å². The molecule has 0 fully saturated rings. The van der Waals surface area contributed by atoms with Crippen LogP contribution in [-0.4, -0.2) is 21.8 Å². The molecule has 0 amide bonds. The zero-order valence-electron chi connectivity index (χ0n) is 14.4. The van der Waals surface area contributed by atoms with Crippen molar-refractivity contribution in [2.24, 2.45) is 4.99 Å². The lowest BCUT2D eigenvalue weighted by molar-refractivity contribution is 0.0696. The summed E-state index contributed by atoms with van der Waals surface area (Å²) >= 11 is 0. The summed E-state index contributed by atoms with van der Waals surface area (Å²) in [5.41, 5.74) is 4.57. The number of aliphatic imine (C=N–C) groups is 1. The van der Waals surface area contributed by atoms with E-state index in [4.69, 9.17) is 10.1 Å². The van der Waals surface area contributed by atoms with Gasteiger partial charge in [0.25, 0.3) is 0 Å². The number of carboxylic acid groups (broad SMARTS) is 1. The first-order valence-electron chi connectivity index (χ1n) is 8.53. The fourth-order valence-electron chi connectivity index (χ4n) is 2.91. The van der Waals surface area contributed by atoms with Crippen LogP contribution in [0.15, 0.2) is 96.1 Å². The van der Waals surface area contributed by atoms with E-state index in [0.717, 1.165) is 27.9 Å². The quantitative estimate of drug-likeness (QED) is 0.520. The fourth-order valence-corrected chi connectivity index (χ4v) is 2.91. The Morgan fingerprint density at radius 3 is 2.00 bits per heavy atom. The van der Waals surface area contributed by atoms with Gasteiger partial charge in [0.05, 0.1) is 22.5 Å². The third kappa shape index (κ3) is 3.60. The number of carbonyl (C=O) groups is 1. The summed E-state index contributed by atoms with van der Waals surface area (Å²) < 4.78 is 0. The molecule has 1 N–H and O–H groups in total. The standard InChI is InChI=1S/C23H16N2O2/c26-23(27)19-13-18-11-12-20(14-21(18)24-15-19)25-22(16-7-3-1-4-8-16)17-9-5-2-6-10-17/h1-15H,(H,26,27). The van der Waals surface area contributed by atoms with Crippen molar-refractivity contribution >= 4 is 28.3 Å². The molecule has 1 aromatic heterocycles. The van der Waals surface area contributed by atoms with Crippen LogP contribution in [0, 0.1) is 0 Å². The normalized spacial score (nSPS) is 10.5. The molecule has 0 unspecified atom stereocenters. The molecule has 0 spiro atoms. The predicted molar refractivity (Wildman–Crippen MR) is 107 cm³/mol. The van der Waals surface area contributed by atoms with Gasteiger partial charge in [-0.15, -0.1) is 0 Å². The summed E-state index contributed by atoms with van der Waals surface area (Å²) in [7, 11) is 0. The highest BCUT2D eigenvalue weighted by Crippen LogP contribution is 2.23. The van der Waals surface area contributed by atoms with Gasteiger partial charge in [0.1, 0.15) is 0 Å². The van der Waals surface area contributed by atoms with Crippen molar-refractivity contribution < 1.29 is 9.90 Å². The predicted octanol–water partition coefficient (Wildman–Crippen LogP) is 5.10. The highest BCUT2D eigenvalue weighted by Gasteiger charge is 2.08. The van der Waals surface area contributed by atoms with Crippen LogP contribution in [0.4, 0.5) is 5.69 Å². The number of hydrogen-bond acceptors (Lipinski definition) is 3. The van der Waals surface area contributed by atoms with Gasteiger partial charge in [-0.1, -0.05) is 66.7 Å². The summed E-state index contributed by atoms with van der Waals surface area (Å²) in [4.78, 5) is 20.2. The van der Waals surface area contributed by atoms with Crippen molar-refractivity contribution in [3.63, 3.8) is 0 Å². The molecule has 4 rings (SSSR count). The maximum Gasteiger partial charge on any atom is 0.337 e. The number of aromatic carboxylic acids is 1. The maximum atomic E-state index is 11.1. The van der Waals surface area contributed by atoms with Gasteiger partial charge in [-0.3, -0.25) is 4.98 Å². The molecule has 0 aliphatic carbocycles. The molecule has 0 atom stereocenters. The van der Waals surface area contributed by atoms with Crippen LogP contribution in [0.5, 0.6) is 0 Å². The van der Waals surface area contributed by atoms with Gasteiger partial charge in [-0.25, -0.2) is 9.79 Å². The highest BCUT2D eigenvalue weighted by molar-refractivity contribution is 6.14. The molecule has 130 valence electrons. The van der Waals surface area contributed by atoms with E-state index < -0.39 is 5.97 Å². The average Bonchev–Trinajstić information content (AvgIpc) is 2.72. The second-order valence-corrected chi connectivity index (χ2v) is 6.10. The van der Waals surface area contributed by atoms with Gasteiger partial charge in [0.15, 0.2) is 0 Å². The Balaban J connectivity index is 1.82. The molecule has 0 saturated heterocycles. The second kappa shape index (κ2) is 7.22. The molecule has 27 heavy (non-hydrogen) atoms. The number of rotatable bonds is 4. The molecule has 0 radical (unpaired) electrons. The first-order chi connectivity index (χ1) is 13.2. The van der Waals surface area contributed by atoms with E-state index >= 15 is 0 Å². The number of benzene rings is 3. The Morgan fingerprint density at radius 1 is 0.778 bits per heavy atom. The first kappa shape index (κ1) is 16.7. The second-order valence-electron chi connectivity index (χ2n) is 6.10. The van der Waals surface area contributed by atoms with Crippen LogP contribution in [-0.2, 0) is 0 Å². The zero-order valence-corrected chi connectivity index (χ0v) is 14.4. The van der Waals surface area contributed by atoms with Crippen molar-refractivity contribution in [2.75, 3.05) is 0 Å². The molecule has 4 aromatic rings. The van der Waals surface area contributed by atoms with E-state index in [1.807, 2.05) is 78.9 Å². The van der Waals surface area contributed by atoms with Crippen molar-refractivity contribution in [1.29, 1.82) is 0 Å². The van der Waals surface area contributed by atoms with E-state index in [1.165, 1.54) is 6.20 Å². The van der Waals surface area contributed by atoms with Crippen LogP contribution in [0.25, 0.3) is 10.9 Å². The Morgan fingerprint density at radius 2 is 1.41 bits per heavy atom. The lowest BCUT2D eigenvalue weighted by Gasteiger charge is -2.08. The summed E-state index contributed by atoms with van der Waals surface area (Å²) in [5.74, 6) is -0.984. The Labute approximate surface area is 156 Å².